The maximum atomic E-state index is 6.49. The Morgan fingerprint density at radius 2 is 1.71 bits per heavy atom. The van der Waals surface area contributed by atoms with Gasteiger partial charge in [0.1, 0.15) is 11.7 Å². The molecule has 21 heavy (non-hydrogen) atoms. The van der Waals surface area contributed by atoms with E-state index in [2.05, 4.69) is 49.7 Å². The fourth-order valence-electron chi connectivity index (χ4n) is 3.96. The van der Waals surface area contributed by atoms with Crippen molar-refractivity contribution in [3.63, 3.8) is 0 Å². The minimum Gasteiger partial charge on any atom is -0.493 e. The molecule has 0 unspecified atom stereocenters. The highest BCUT2D eigenvalue weighted by Crippen LogP contribution is 2.46. The molecule has 0 bridgehead atoms. The molecule has 2 fully saturated rings. The van der Waals surface area contributed by atoms with Crippen LogP contribution in [0.25, 0.3) is 0 Å². The van der Waals surface area contributed by atoms with Gasteiger partial charge in [0.25, 0.3) is 0 Å². The minimum atomic E-state index is -0.198. The van der Waals surface area contributed by atoms with Gasteiger partial charge >= 0.3 is 0 Å². The second-order valence-electron chi connectivity index (χ2n) is 7.71. The Labute approximate surface area is 136 Å². The highest BCUT2D eigenvalue weighted by atomic mass is 79.9. The fraction of sp³-hybridized carbons (Fsp3) is 0.882. The molecule has 0 radical (unpaired) electrons. The van der Waals surface area contributed by atoms with Crippen molar-refractivity contribution < 1.29 is 14.2 Å². The Morgan fingerprint density at radius 1 is 1.00 bits per heavy atom. The van der Waals surface area contributed by atoms with Crippen LogP contribution >= 0.6 is 15.9 Å². The van der Waals surface area contributed by atoms with Crippen LogP contribution in [0.3, 0.4) is 0 Å². The summed E-state index contributed by atoms with van der Waals surface area (Å²) in [7, 11) is 0. The van der Waals surface area contributed by atoms with Crippen LogP contribution < -0.4 is 0 Å². The van der Waals surface area contributed by atoms with Crippen molar-refractivity contribution in [2.45, 2.75) is 93.6 Å². The first kappa shape index (κ1) is 15.8. The quantitative estimate of drug-likeness (QED) is 0.652. The van der Waals surface area contributed by atoms with E-state index in [0.717, 1.165) is 32.1 Å². The van der Waals surface area contributed by atoms with Gasteiger partial charge in [-0.05, 0) is 65.9 Å². The molecular weight excluding hydrogens is 332 g/mol. The van der Waals surface area contributed by atoms with Crippen molar-refractivity contribution in [2.75, 3.05) is 0 Å². The molecule has 3 aliphatic rings. The molecule has 2 saturated heterocycles. The average Bonchev–Trinajstić information content (AvgIpc) is 2.42. The molecule has 0 aromatic rings. The monoisotopic (exact) mass is 358 g/mol. The predicted octanol–water partition coefficient (Wildman–Crippen LogP) is 4.34. The minimum absolute atomic E-state index is 0.145. The van der Waals surface area contributed by atoms with Crippen molar-refractivity contribution in [3.8, 4) is 0 Å². The third-order valence-corrected chi connectivity index (χ3v) is 7.08. The molecule has 3 rings (SSSR count). The van der Waals surface area contributed by atoms with Crippen LogP contribution in [0.4, 0.5) is 0 Å². The normalized spacial score (nSPS) is 49.3. The van der Waals surface area contributed by atoms with Gasteiger partial charge in [0.2, 0.25) is 0 Å². The van der Waals surface area contributed by atoms with Crippen molar-refractivity contribution in [2.24, 2.45) is 0 Å². The zero-order valence-corrected chi connectivity index (χ0v) is 15.1. The van der Waals surface area contributed by atoms with Gasteiger partial charge in [-0.3, -0.25) is 0 Å². The Hall–Kier alpha value is -0.0600. The molecule has 0 aromatic carbocycles. The van der Waals surface area contributed by atoms with Crippen molar-refractivity contribution >= 4 is 15.9 Å². The van der Waals surface area contributed by atoms with E-state index in [1.54, 1.807) is 0 Å². The molecule has 3 aliphatic heterocycles. The third-order valence-electron chi connectivity index (χ3n) is 5.52. The van der Waals surface area contributed by atoms with E-state index in [1.165, 1.54) is 0 Å². The van der Waals surface area contributed by atoms with Crippen LogP contribution in [0.1, 0.15) is 59.8 Å². The second kappa shape index (κ2) is 5.24. The highest BCUT2D eigenvalue weighted by molar-refractivity contribution is 9.09. The van der Waals surface area contributed by atoms with Crippen LogP contribution in [-0.4, -0.2) is 33.8 Å². The maximum absolute atomic E-state index is 6.49. The number of fused-ring (bicyclic) bond motifs is 1. The summed E-state index contributed by atoms with van der Waals surface area (Å²) in [5, 5.41) is 0. The van der Waals surface area contributed by atoms with E-state index in [9.17, 15) is 0 Å². The third kappa shape index (κ3) is 2.79. The molecule has 4 heteroatoms. The van der Waals surface area contributed by atoms with Crippen molar-refractivity contribution in [1.29, 1.82) is 0 Å². The first-order valence-corrected chi connectivity index (χ1v) is 8.99. The molecule has 3 heterocycles. The van der Waals surface area contributed by atoms with E-state index in [-0.39, 0.29) is 29.0 Å². The van der Waals surface area contributed by atoms with Crippen LogP contribution in [-0.2, 0) is 14.2 Å². The van der Waals surface area contributed by atoms with Crippen LogP contribution in [0.2, 0.25) is 0 Å². The van der Waals surface area contributed by atoms with Crippen LogP contribution in [0.5, 0.6) is 0 Å². The average molecular weight is 359 g/mol. The Morgan fingerprint density at radius 3 is 2.43 bits per heavy atom. The van der Waals surface area contributed by atoms with E-state index < -0.39 is 0 Å². The zero-order chi connectivity index (χ0) is 15.3. The second-order valence-corrected chi connectivity index (χ2v) is 8.82. The lowest BCUT2D eigenvalue weighted by atomic mass is 9.78. The number of hydrogen-bond donors (Lipinski definition) is 0. The fourth-order valence-corrected chi connectivity index (χ4v) is 4.29. The number of halogens is 1. The number of ether oxygens (including phenoxy) is 3. The number of rotatable bonds is 1. The van der Waals surface area contributed by atoms with Gasteiger partial charge in [-0.1, -0.05) is 15.9 Å². The van der Waals surface area contributed by atoms with Gasteiger partial charge < -0.3 is 14.2 Å². The first-order valence-electron chi connectivity index (χ1n) is 8.08. The molecule has 5 atom stereocenters. The number of hydrogen-bond acceptors (Lipinski definition) is 3. The molecule has 0 saturated carbocycles. The molecule has 0 N–H and O–H groups in total. The van der Waals surface area contributed by atoms with Gasteiger partial charge in [-0.25, -0.2) is 0 Å². The standard InChI is InChI=1S/C17H27BrO3/c1-15(2)12(18)7-9-17(4,21-15)14-8-10-16(3)13(20-14)6-5-11-19-16/h5,11-14H,6-10H2,1-4H3/t12-,13-,14-,16+,17+/m1/s1. The van der Waals surface area contributed by atoms with Gasteiger partial charge in [0.15, 0.2) is 0 Å². The smallest absolute Gasteiger partial charge is 0.132 e. The summed E-state index contributed by atoms with van der Waals surface area (Å²) in [6, 6.07) is 0. The van der Waals surface area contributed by atoms with E-state index >= 15 is 0 Å². The summed E-state index contributed by atoms with van der Waals surface area (Å²) in [6.07, 6.45) is 9.34. The largest absolute Gasteiger partial charge is 0.493 e. The summed E-state index contributed by atoms with van der Waals surface area (Å²) < 4.78 is 18.8. The SMILES string of the molecule is CC1(C)O[C@](C)([C@H]2CC[C@]3(C)OC=CC[C@H]3O2)CC[C@H]1Br. The molecule has 120 valence electrons. The Bertz CT molecular complexity index is 436. The summed E-state index contributed by atoms with van der Waals surface area (Å²) in [4.78, 5) is 0.410. The molecule has 0 aromatic heterocycles. The van der Waals surface area contributed by atoms with Crippen molar-refractivity contribution in [1.82, 2.24) is 0 Å². The molecule has 3 nitrogen and oxygen atoms in total. The van der Waals surface area contributed by atoms with Crippen molar-refractivity contribution in [3.05, 3.63) is 12.3 Å². The summed E-state index contributed by atoms with van der Waals surface area (Å²) in [6.45, 7) is 8.73. The van der Waals surface area contributed by atoms with E-state index in [1.807, 2.05) is 6.26 Å². The molecule has 0 spiro atoms. The lowest BCUT2D eigenvalue weighted by Gasteiger charge is -2.54. The highest BCUT2D eigenvalue weighted by Gasteiger charge is 2.52. The van der Waals surface area contributed by atoms with Gasteiger partial charge in [-0.2, -0.15) is 0 Å². The van der Waals surface area contributed by atoms with E-state index in [0.29, 0.717) is 4.83 Å². The lowest BCUT2D eigenvalue weighted by Crippen LogP contribution is -2.60. The molecule has 0 amide bonds. The maximum Gasteiger partial charge on any atom is 0.132 e. The summed E-state index contributed by atoms with van der Waals surface area (Å²) in [5.41, 5.74) is -0.514. The number of alkyl halides is 1. The Kier molecular flexibility index (Phi) is 3.95. The van der Waals surface area contributed by atoms with Crippen LogP contribution in [0.15, 0.2) is 12.3 Å². The van der Waals surface area contributed by atoms with E-state index in [4.69, 9.17) is 14.2 Å². The van der Waals surface area contributed by atoms with Gasteiger partial charge in [-0.15, -0.1) is 0 Å². The van der Waals surface area contributed by atoms with Crippen LogP contribution in [0, 0.1) is 0 Å². The topological polar surface area (TPSA) is 27.7 Å². The summed E-state index contributed by atoms with van der Waals surface area (Å²) in [5.74, 6) is 0. The van der Waals surface area contributed by atoms with Gasteiger partial charge in [0, 0.05) is 4.83 Å². The lowest BCUT2D eigenvalue weighted by molar-refractivity contribution is -0.263. The first-order chi connectivity index (χ1) is 9.75. The van der Waals surface area contributed by atoms with Gasteiger partial charge in [0.05, 0.1) is 23.6 Å². The Balaban J connectivity index is 1.74. The predicted molar refractivity (Wildman–Crippen MR) is 86.7 cm³/mol. The molecule has 0 aliphatic carbocycles. The summed E-state index contributed by atoms with van der Waals surface area (Å²) >= 11 is 3.75. The molecular formula is C17H27BrO3. The zero-order valence-electron chi connectivity index (χ0n) is 13.5.